The lowest BCUT2D eigenvalue weighted by molar-refractivity contribution is 0.0102. The lowest BCUT2D eigenvalue weighted by atomic mass is 9.97. The third kappa shape index (κ3) is 0.956. The van der Waals surface area contributed by atoms with Crippen molar-refractivity contribution in [3.05, 3.63) is 0 Å². The Morgan fingerprint density at radius 3 is 2.50 bits per heavy atom. The molecule has 1 saturated carbocycles. The van der Waals surface area contributed by atoms with Crippen molar-refractivity contribution < 1.29 is 4.74 Å². The molecule has 10 heavy (non-hydrogen) atoms. The first kappa shape index (κ1) is 6.62. The minimum atomic E-state index is 0.236. The first-order valence-corrected chi connectivity index (χ1v) is 4.20. The molecule has 0 radical (unpaired) electrons. The largest absolute Gasteiger partial charge is 0.373 e. The molecule has 2 nitrogen and oxygen atoms in total. The fourth-order valence-corrected chi connectivity index (χ4v) is 2.25. The highest BCUT2D eigenvalue weighted by Crippen LogP contribution is 2.40. The Morgan fingerprint density at radius 1 is 1.30 bits per heavy atom. The van der Waals surface area contributed by atoms with Gasteiger partial charge in [-0.2, -0.15) is 0 Å². The molecule has 1 spiro atoms. The summed E-state index contributed by atoms with van der Waals surface area (Å²) in [5, 5.41) is 0. The van der Waals surface area contributed by atoms with Crippen molar-refractivity contribution in [2.45, 2.75) is 43.7 Å². The molecular formula is C8H15NO. The molecule has 2 heteroatoms. The smallest absolute Gasteiger partial charge is 0.0699 e. The highest BCUT2D eigenvalue weighted by Gasteiger charge is 2.40. The average Bonchev–Trinajstić information content (AvgIpc) is 2.46. The normalized spacial score (nSPS) is 37.5. The molecule has 58 valence electrons. The Bertz CT molecular complexity index is 129. The topological polar surface area (TPSA) is 35.2 Å². The van der Waals surface area contributed by atoms with Gasteiger partial charge in [-0.05, 0) is 19.3 Å². The predicted octanol–water partition coefficient (Wildman–Crippen LogP) is 1.05. The van der Waals surface area contributed by atoms with Crippen LogP contribution in [0.5, 0.6) is 0 Å². The fraction of sp³-hybridized carbons (Fsp3) is 1.00. The van der Waals surface area contributed by atoms with Crippen LogP contribution in [0, 0.1) is 0 Å². The second kappa shape index (κ2) is 2.21. The van der Waals surface area contributed by atoms with Crippen LogP contribution in [0.2, 0.25) is 0 Å². The van der Waals surface area contributed by atoms with E-state index in [0.29, 0.717) is 6.04 Å². The van der Waals surface area contributed by atoms with Crippen molar-refractivity contribution in [1.82, 2.24) is 0 Å². The standard InChI is InChI=1S/C8H15NO/c9-7-5-8(10-6-7)3-1-2-4-8/h7H,1-6,9H2. The van der Waals surface area contributed by atoms with E-state index in [0.717, 1.165) is 13.0 Å². The summed E-state index contributed by atoms with van der Waals surface area (Å²) in [6, 6.07) is 0.318. The molecule has 1 aliphatic carbocycles. The SMILES string of the molecule is NC1COC2(CCCC2)C1. The van der Waals surface area contributed by atoms with Gasteiger partial charge < -0.3 is 10.5 Å². The van der Waals surface area contributed by atoms with Gasteiger partial charge in [-0.25, -0.2) is 0 Å². The second-order valence-electron chi connectivity index (χ2n) is 3.67. The summed E-state index contributed by atoms with van der Waals surface area (Å²) in [6.07, 6.45) is 6.29. The minimum Gasteiger partial charge on any atom is -0.373 e. The van der Waals surface area contributed by atoms with E-state index in [4.69, 9.17) is 10.5 Å². The summed E-state index contributed by atoms with van der Waals surface area (Å²) in [5.74, 6) is 0. The third-order valence-electron chi connectivity index (χ3n) is 2.75. The van der Waals surface area contributed by atoms with Gasteiger partial charge in [0.25, 0.3) is 0 Å². The van der Waals surface area contributed by atoms with Crippen LogP contribution in [-0.4, -0.2) is 18.2 Å². The van der Waals surface area contributed by atoms with Gasteiger partial charge in [-0.1, -0.05) is 12.8 Å². The second-order valence-corrected chi connectivity index (χ2v) is 3.67. The number of rotatable bonds is 0. The highest BCUT2D eigenvalue weighted by atomic mass is 16.5. The summed E-state index contributed by atoms with van der Waals surface area (Å²) in [6.45, 7) is 0.792. The highest BCUT2D eigenvalue weighted by molar-refractivity contribution is 4.94. The van der Waals surface area contributed by atoms with Crippen molar-refractivity contribution in [2.24, 2.45) is 5.73 Å². The molecule has 1 atom stereocenters. The predicted molar refractivity (Wildman–Crippen MR) is 39.7 cm³/mol. The van der Waals surface area contributed by atoms with Crippen LogP contribution in [0.1, 0.15) is 32.1 Å². The first-order valence-electron chi connectivity index (χ1n) is 4.20. The molecular weight excluding hydrogens is 126 g/mol. The Hall–Kier alpha value is -0.0800. The maximum atomic E-state index is 5.76. The molecule has 1 unspecified atom stereocenters. The van der Waals surface area contributed by atoms with Gasteiger partial charge in [0.05, 0.1) is 12.2 Å². The zero-order chi connectivity index (χ0) is 7.03. The van der Waals surface area contributed by atoms with Crippen molar-refractivity contribution in [3.8, 4) is 0 Å². The average molecular weight is 141 g/mol. The molecule has 0 amide bonds. The summed E-state index contributed by atoms with van der Waals surface area (Å²) < 4.78 is 5.69. The summed E-state index contributed by atoms with van der Waals surface area (Å²) >= 11 is 0. The molecule has 0 aromatic heterocycles. The molecule has 2 rings (SSSR count). The molecule has 1 saturated heterocycles. The molecule has 1 heterocycles. The van der Waals surface area contributed by atoms with E-state index in [1.807, 2.05) is 0 Å². The van der Waals surface area contributed by atoms with Crippen LogP contribution in [0.15, 0.2) is 0 Å². The van der Waals surface area contributed by atoms with Gasteiger partial charge in [0.2, 0.25) is 0 Å². The third-order valence-corrected chi connectivity index (χ3v) is 2.75. The Balaban J connectivity index is 2.03. The van der Waals surface area contributed by atoms with Gasteiger partial charge in [0.1, 0.15) is 0 Å². The van der Waals surface area contributed by atoms with Gasteiger partial charge in [0.15, 0.2) is 0 Å². The van der Waals surface area contributed by atoms with Crippen LogP contribution >= 0.6 is 0 Å². The van der Waals surface area contributed by atoms with E-state index in [9.17, 15) is 0 Å². The van der Waals surface area contributed by atoms with Crippen LogP contribution in [0.25, 0.3) is 0 Å². The zero-order valence-electron chi connectivity index (χ0n) is 6.31. The monoisotopic (exact) mass is 141 g/mol. The summed E-state index contributed by atoms with van der Waals surface area (Å²) in [7, 11) is 0. The summed E-state index contributed by atoms with van der Waals surface area (Å²) in [5.41, 5.74) is 6.00. The van der Waals surface area contributed by atoms with Crippen LogP contribution < -0.4 is 5.73 Å². The van der Waals surface area contributed by atoms with E-state index in [1.54, 1.807) is 0 Å². The van der Waals surface area contributed by atoms with Gasteiger partial charge in [-0.15, -0.1) is 0 Å². The van der Waals surface area contributed by atoms with Crippen molar-refractivity contribution in [2.75, 3.05) is 6.61 Å². The van der Waals surface area contributed by atoms with E-state index in [1.165, 1.54) is 25.7 Å². The van der Waals surface area contributed by atoms with Gasteiger partial charge in [-0.3, -0.25) is 0 Å². The fourth-order valence-electron chi connectivity index (χ4n) is 2.25. The maximum Gasteiger partial charge on any atom is 0.0699 e. The lowest BCUT2D eigenvalue weighted by Gasteiger charge is -2.20. The number of hydrogen-bond acceptors (Lipinski definition) is 2. The van der Waals surface area contributed by atoms with Gasteiger partial charge >= 0.3 is 0 Å². The van der Waals surface area contributed by atoms with Crippen molar-refractivity contribution >= 4 is 0 Å². The Morgan fingerprint density at radius 2 is 2.00 bits per heavy atom. The van der Waals surface area contributed by atoms with Gasteiger partial charge in [0, 0.05) is 6.04 Å². The number of ether oxygens (including phenoxy) is 1. The van der Waals surface area contributed by atoms with Crippen LogP contribution in [0.3, 0.4) is 0 Å². The summed E-state index contributed by atoms with van der Waals surface area (Å²) in [4.78, 5) is 0. The zero-order valence-corrected chi connectivity index (χ0v) is 6.31. The minimum absolute atomic E-state index is 0.236. The molecule has 2 aliphatic rings. The van der Waals surface area contributed by atoms with Crippen molar-refractivity contribution in [1.29, 1.82) is 0 Å². The molecule has 2 fully saturated rings. The number of nitrogens with two attached hydrogens (primary N) is 1. The van der Waals surface area contributed by atoms with Crippen LogP contribution in [-0.2, 0) is 4.74 Å². The molecule has 0 aromatic carbocycles. The van der Waals surface area contributed by atoms with E-state index >= 15 is 0 Å². The molecule has 0 aromatic rings. The van der Waals surface area contributed by atoms with E-state index < -0.39 is 0 Å². The lowest BCUT2D eigenvalue weighted by Crippen LogP contribution is -2.25. The van der Waals surface area contributed by atoms with Crippen molar-refractivity contribution in [3.63, 3.8) is 0 Å². The Labute approximate surface area is 61.7 Å². The quantitative estimate of drug-likeness (QED) is 0.547. The molecule has 2 N–H and O–H groups in total. The molecule has 0 bridgehead atoms. The first-order chi connectivity index (χ1) is 4.81. The number of hydrogen-bond donors (Lipinski definition) is 1. The van der Waals surface area contributed by atoms with E-state index in [2.05, 4.69) is 0 Å². The molecule has 1 aliphatic heterocycles. The van der Waals surface area contributed by atoms with Crippen LogP contribution in [0.4, 0.5) is 0 Å². The Kier molecular flexibility index (Phi) is 1.46. The van der Waals surface area contributed by atoms with E-state index in [-0.39, 0.29) is 5.60 Å². The maximum absolute atomic E-state index is 5.76.